The highest BCUT2D eigenvalue weighted by molar-refractivity contribution is 14.1. The molecule has 0 aliphatic rings. The lowest BCUT2D eigenvalue weighted by Gasteiger charge is -2.21. The van der Waals surface area contributed by atoms with Crippen LogP contribution in [0.1, 0.15) is 27.6 Å². The lowest BCUT2D eigenvalue weighted by atomic mass is 10.1. The van der Waals surface area contributed by atoms with Gasteiger partial charge in [-0.15, -0.1) is 0 Å². The fourth-order valence-electron chi connectivity index (χ4n) is 2.24. The number of nitro benzene ring substituents is 1. The summed E-state index contributed by atoms with van der Waals surface area (Å²) in [6.07, 6.45) is -2.74. The number of hydrogen-bond donors (Lipinski definition) is 1. The van der Waals surface area contributed by atoms with E-state index in [1.165, 1.54) is 12.1 Å². The summed E-state index contributed by atoms with van der Waals surface area (Å²) in [6.45, 7) is 0.448. The van der Waals surface area contributed by atoms with Gasteiger partial charge >= 0.3 is 27.3 Å². The molecule has 31 heavy (non-hydrogen) atoms. The molecule has 0 radical (unpaired) electrons. The number of benzene rings is 2. The Labute approximate surface area is 187 Å². The maximum Gasteiger partial charge on any atom is 0.405 e. The van der Waals surface area contributed by atoms with E-state index in [4.69, 9.17) is 9.29 Å². The van der Waals surface area contributed by atoms with Crippen LogP contribution in [0.25, 0.3) is 0 Å². The van der Waals surface area contributed by atoms with Crippen LogP contribution in [0.4, 0.5) is 14.5 Å². The minimum atomic E-state index is -5.96. The zero-order valence-corrected chi connectivity index (χ0v) is 18.3. The third-order valence-electron chi connectivity index (χ3n) is 3.79. The number of hydrogen-bond acceptors (Lipinski definition) is 8. The molecule has 1 unspecified atom stereocenters. The Morgan fingerprint density at radius 2 is 1.74 bits per heavy atom. The second-order valence-corrected chi connectivity index (χ2v) is 8.62. The topological polar surface area (TPSA) is 150 Å². The van der Waals surface area contributed by atoms with Gasteiger partial charge in [0.05, 0.1) is 10.5 Å². The molecule has 2 rings (SSSR count). The summed E-state index contributed by atoms with van der Waals surface area (Å²) < 4.78 is 67.8. The monoisotopic (exact) mass is 571 g/mol. The van der Waals surface area contributed by atoms with E-state index in [1.807, 2.05) is 22.6 Å². The largest absolute Gasteiger partial charge is 0.451 e. The van der Waals surface area contributed by atoms with Gasteiger partial charge in [-0.05, 0) is 59.8 Å². The molecule has 0 heterocycles. The first kappa shape index (κ1) is 24.5. The van der Waals surface area contributed by atoms with Crippen molar-refractivity contribution in [2.45, 2.75) is 18.3 Å². The minimum absolute atomic E-state index is 0.0301. The molecule has 14 heteroatoms. The van der Waals surface area contributed by atoms with Crippen molar-refractivity contribution in [2.75, 3.05) is 0 Å². The zero-order valence-electron chi connectivity index (χ0n) is 15.3. The lowest BCUT2D eigenvalue weighted by Crippen LogP contribution is -2.42. The van der Waals surface area contributed by atoms with E-state index < -0.39 is 55.2 Å². The smallest absolute Gasteiger partial charge is 0.405 e. The second-order valence-electron chi connectivity index (χ2n) is 5.88. The molecule has 0 saturated heterocycles. The van der Waals surface area contributed by atoms with Crippen molar-refractivity contribution in [2.24, 2.45) is 0 Å². The zero-order chi connectivity index (χ0) is 23.6. The maximum absolute atomic E-state index is 13.7. The Bertz CT molecular complexity index is 1140. The highest BCUT2D eigenvalue weighted by atomic mass is 127. The van der Waals surface area contributed by atoms with Crippen molar-refractivity contribution in [1.29, 1.82) is 0 Å². The quantitative estimate of drug-likeness (QED) is 0.132. The highest BCUT2D eigenvalue weighted by Gasteiger charge is 2.52. The molecule has 1 atom stereocenters. The molecule has 0 amide bonds. The molecule has 0 saturated carbocycles. The summed E-state index contributed by atoms with van der Waals surface area (Å²) in [7, 11) is -5.96. The van der Waals surface area contributed by atoms with Gasteiger partial charge < -0.3 is 9.47 Å². The van der Waals surface area contributed by atoms with E-state index in [9.17, 15) is 36.9 Å². The van der Waals surface area contributed by atoms with Gasteiger partial charge in [-0.1, -0.05) is 6.07 Å². The molecule has 0 aliphatic heterocycles. The van der Waals surface area contributed by atoms with Crippen LogP contribution >= 0.6 is 22.6 Å². The molecule has 1 N–H and O–H groups in total. The first-order chi connectivity index (χ1) is 14.3. The summed E-state index contributed by atoms with van der Waals surface area (Å²) in [5.41, 5.74) is -2.68. The first-order valence-electron chi connectivity index (χ1n) is 8.06. The van der Waals surface area contributed by atoms with Crippen molar-refractivity contribution >= 4 is 50.3 Å². The van der Waals surface area contributed by atoms with Gasteiger partial charge in [0.15, 0.2) is 11.7 Å². The van der Waals surface area contributed by atoms with Gasteiger partial charge in [-0.25, -0.2) is 9.59 Å². The van der Waals surface area contributed by atoms with Crippen LogP contribution < -0.4 is 4.74 Å². The first-order valence-corrected chi connectivity index (χ1v) is 10.6. The normalized spacial score (nSPS) is 12.7. The number of carbonyl (C=O) groups excluding carboxylic acids is 2. The number of carbonyl (C=O) groups is 2. The lowest BCUT2D eigenvalue weighted by molar-refractivity contribution is -0.385. The third-order valence-corrected chi connectivity index (χ3v) is 5.53. The number of ether oxygens (including phenoxy) is 2. The molecule has 0 spiro atoms. The predicted molar refractivity (Wildman–Crippen MR) is 109 cm³/mol. The summed E-state index contributed by atoms with van der Waals surface area (Å²) in [6, 6.07) is 8.81. The third kappa shape index (κ3) is 5.50. The fraction of sp³-hybridized carbons (Fsp3) is 0.176. The van der Waals surface area contributed by atoms with E-state index in [0.29, 0.717) is 6.92 Å². The molecule has 0 aromatic heterocycles. The molecule has 2 aromatic carbocycles. The number of esters is 2. The molecule has 166 valence electrons. The van der Waals surface area contributed by atoms with Crippen LogP contribution in [0.2, 0.25) is 0 Å². The highest BCUT2D eigenvalue weighted by Crippen LogP contribution is 2.30. The number of nitrogens with zero attached hydrogens (tertiary/aromatic N) is 1. The average molecular weight is 571 g/mol. The number of halogens is 3. The Hall–Kier alpha value is -2.72. The Morgan fingerprint density at radius 3 is 2.26 bits per heavy atom. The summed E-state index contributed by atoms with van der Waals surface area (Å²) in [4.78, 5) is 35.2. The van der Waals surface area contributed by atoms with Crippen molar-refractivity contribution in [3.05, 3.63) is 67.3 Å². The van der Waals surface area contributed by atoms with Gasteiger partial charge in [0.2, 0.25) is 0 Å². The van der Waals surface area contributed by atoms with E-state index in [-0.39, 0.29) is 5.75 Å². The van der Waals surface area contributed by atoms with Gasteiger partial charge in [0.25, 0.3) is 5.69 Å². The summed E-state index contributed by atoms with van der Waals surface area (Å²) in [5.74, 6) is -2.99. The van der Waals surface area contributed by atoms with Crippen LogP contribution in [0.5, 0.6) is 5.75 Å². The van der Waals surface area contributed by atoms with Gasteiger partial charge in [0.1, 0.15) is 5.75 Å². The number of alkyl halides is 2. The Balaban J connectivity index is 2.45. The van der Waals surface area contributed by atoms with Crippen LogP contribution in [-0.2, 0) is 14.9 Å². The molecular formula is C17H12F2INO9S. The second kappa shape index (κ2) is 9.19. The fourth-order valence-corrected chi connectivity index (χ4v) is 3.07. The van der Waals surface area contributed by atoms with Crippen molar-refractivity contribution in [1.82, 2.24) is 0 Å². The van der Waals surface area contributed by atoms with Crippen LogP contribution in [-0.4, -0.2) is 41.2 Å². The van der Waals surface area contributed by atoms with Crippen molar-refractivity contribution in [3.63, 3.8) is 0 Å². The standard InChI is InChI=1S/C17H12F2INO9S/c1-9(17(18,19)31(26,27)28)29-16(23)14-12(3-2-4-13(14)21(24)25)15(22)30-11-7-5-10(20)6-8-11/h2-9H,1H3,(H,26,27,28). The van der Waals surface area contributed by atoms with Crippen molar-refractivity contribution < 1.29 is 45.7 Å². The van der Waals surface area contributed by atoms with E-state index in [2.05, 4.69) is 4.74 Å². The number of rotatable bonds is 7. The van der Waals surface area contributed by atoms with Crippen LogP contribution in [0.15, 0.2) is 42.5 Å². The Kier molecular flexibility index (Phi) is 7.28. The van der Waals surface area contributed by atoms with E-state index >= 15 is 0 Å². The summed E-state index contributed by atoms with van der Waals surface area (Å²) in [5, 5.41) is 6.39. The molecule has 10 nitrogen and oxygen atoms in total. The van der Waals surface area contributed by atoms with E-state index in [0.717, 1.165) is 21.8 Å². The van der Waals surface area contributed by atoms with Crippen molar-refractivity contribution in [3.8, 4) is 5.75 Å². The minimum Gasteiger partial charge on any atom is -0.451 e. The van der Waals surface area contributed by atoms with E-state index in [1.54, 1.807) is 12.1 Å². The molecular weight excluding hydrogens is 559 g/mol. The van der Waals surface area contributed by atoms with Crippen LogP contribution in [0.3, 0.4) is 0 Å². The molecule has 0 fully saturated rings. The summed E-state index contributed by atoms with van der Waals surface area (Å²) >= 11 is 1.99. The number of nitro groups is 1. The van der Waals surface area contributed by atoms with Crippen LogP contribution in [0, 0.1) is 13.7 Å². The van der Waals surface area contributed by atoms with Gasteiger partial charge in [0, 0.05) is 9.64 Å². The maximum atomic E-state index is 13.7. The predicted octanol–water partition coefficient (Wildman–Crippen LogP) is 3.44. The average Bonchev–Trinajstić information content (AvgIpc) is 2.67. The molecule has 0 bridgehead atoms. The molecule has 0 aliphatic carbocycles. The van der Waals surface area contributed by atoms with Gasteiger partial charge in [-0.2, -0.15) is 17.2 Å². The van der Waals surface area contributed by atoms with Gasteiger partial charge in [-0.3, -0.25) is 14.7 Å². The Morgan fingerprint density at radius 1 is 1.16 bits per heavy atom. The SMILES string of the molecule is CC(OC(=O)c1c(C(=O)Oc2ccc(I)cc2)cccc1[N+](=O)[O-])C(F)(F)S(=O)(=O)O. The molecule has 2 aromatic rings.